The molecule has 0 aliphatic rings. The van der Waals surface area contributed by atoms with Crippen LogP contribution >= 0.6 is 0 Å². The number of benzene rings is 3. The standard InChI is InChI=1S/C32H33NO6/c1-22(32(35)36)39-29-8-4-6-23(20-29)7-5-19-33-21-26(13-18-30(33)34)31(24-9-14-27(37-2)15-10-24)25-11-16-28(38-3)17-12-25/h4,6,8-18,20-22,31H,5,7,19H2,1-3H3,(H,35,36)/t22-/m0/s1. The Morgan fingerprint density at radius 1 is 0.821 bits per heavy atom. The predicted molar refractivity (Wildman–Crippen MR) is 150 cm³/mol. The fourth-order valence-electron chi connectivity index (χ4n) is 4.55. The molecule has 0 unspecified atom stereocenters. The molecule has 0 bridgehead atoms. The second-order valence-corrected chi connectivity index (χ2v) is 9.32. The summed E-state index contributed by atoms with van der Waals surface area (Å²) < 4.78 is 17.9. The molecule has 0 radical (unpaired) electrons. The van der Waals surface area contributed by atoms with Gasteiger partial charge in [0.2, 0.25) is 0 Å². The minimum Gasteiger partial charge on any atom is -0.497 e. The van der Waals surface area contributed by atoms with Gasteiger partial charge in [0.05, 0.1) is 14.2 Å². The van der Waals surface area contributed by atoms with Crippen LogP contribution in [0.4, 0.5) is 0 Å². The maximum absolute atomic E-state index is 12.8. The third kappa shape index (κ3) is 7.08. The molecule has 0 aliphatic heterocycles. The number of methoxy groups -OCH3 is 2. The zero-order chi connectivity index (χ0) is 27.8. The molecule has 1 heterocycles. The summed E-state index contributed by atoms with van der Waals surface area (Å²) in [6, 6.07) is 26.9. The minimum absolute atomic E-state index is 0.0608. The average Bonchev–Trinajstić information content (AvgIpc) is 2.95. The van der Waals surface area contributed by atoms with E-state index in [0.29, 0.717) is 12.3 Å². The molecule has 1 atom stereocenters. The van der Waals surface area contributed by atoms with Gasteiger partial charge in [-0.1, -0.05) is 42.5 Å². The summed E-state index contributed by atoms with van der Waals surface area (Å²) in [7, 11) is 3.29. The lowest BCUT2D eigenvalue weighted by Gasteiger charge is -2.20. The lowest BCUT2D eigenvalue weighted by Crippen LogP contribution is -2.22. The number of rotatable bonds is 12. The second-order valence-electron chi connectivity index (χ2n) is 9.32. The molecule has 0 spiro atoms. The Kier molecular flexibility index (Phi) is 9.05. The molecule has 4 aromatic rings. The number of pyridine rings is 1. The Morgan fingerprint density at radius 2 is 1.41 bits per heavy atom. The van der Waals surface area contributed by atoms with Crippen molar-refractivity contribution in [2.75, 3.05) is 14.2 Å². The van der Waals surface area contributed by atoms with Gasteiger partial charge in [0.25, 0.3) is 5.56 Å². The number of hydrogen-bond donors (Lipinski definition) is 1. The van der Waals surface area contributed by atoms with Crippen LogP contribution in [0, 0.1) is 0 Å². The van der Waals surface area contributed by atoms with Gasteiger partial charge in [-0.05, 0) is 78.4 Å². The van der Waals surface area contributed by atoms with E-state index in [1.807, 2.05) is 79.0 Å². The zero-order valence-corrected chi connectivity index (χ0v) is 22.4. The summed E-state index contributed by atoms with van der Waals surface area (Å²) in [5, 5.41) is 9.09. The Bertz CT molecular complexity index is 1400. The summed E-state index contributed by atoms with van der Waals surface area (Å²) in [6.07, 6.45) is 2.47. The van der Waals surface area contributed by atoms with E-state index >= 15 is 0 Å². The monoisotopic (exact) mass is 527 g/mol. The van der Waals surface area contributed by atoms with E-state index < -0.39 is 12.1 Å². The normalized spacial score (nSPS) is 11.7. The third-order valence-electron chi connectivity index (χ3n) is 6.66. The molecule has 3 aromatic carbocycles. The van der Waals surface area contributed by atoms with Gasteiger partial charge in [0, 0.05) is 24.7 Å². The van der Waals surface area contributed by atoms with Gasteiger partial charge < -0.3 is 23.9 Å². The van der Waals surface area contributed by atoms with Crippen LogP contribution in [-0.4, -0.2) is 36.0 Å². The molecule has 0 saturated heterocycles. The van der Waals surface area contributed by atoms with Crippen molar-refractivity contribution in [1.82, 2.24) is 4.57 Å². The molecule has 1 aromatic heterocycles. The van der Waals surface area contributed by atoms with Crippen LogP contribution in [0.25, 0.3) is 0 Å². The van der Waals surface area contributed by atoms with Crippen LogP contribution in [0.1, 0.15) is 41.5 Å². The SMILES string of the molecule is COc1ccc(C(c2ccc(OC)cc2)c2ccc(=O)n(CCCc3cccc(O[C@@H](C)C(=O)O)c3)c2)cc1. The second kappa shape index (κ2) is 12.8. The van der Waals surface area contributed by atoms with Gasteiger partial charge in [-0.15, -0.1) is 0 Å². The van der Waals surface area contributed by atoms with Crippen molar-refractivity contribution >= 4 is 5.97 Å². The highest BCUT2D eigenvalue weighted by molar-refractivity contribution is 5.72. The number of aromatic nitrogens is 1. The Balaban J connectivity index is 1.55. The predicted octanol–water partition coefficient (Wildman–Crippen LogP) is 5.53. The minimum atomic E-state index is -1.01. The van der Waals surface area contributed by atoms with Crippen molar-refractivity contribution in [2.45, 2.75) is 38.3 Å². The molecule has 7 heteroatoms. The smallest absolute Gasteiger partial charge is 0.344 e. The number of ether oxygens (including phenoxy) is 3. The number of carboxylic acid groups (broad SMARTS) is 1. The number of nitrogens with zero attached hydrogens (tertiary/aromatic N) is 1. The van der Waals surface area contributed by atoms with Gasteiger partial charge in [-0.2, -0.15) is 0 Å². The van der Waals surface area contributed by atoms with Crippen molar-refractivity contribution in [2.24, 2.45) is 0 Å². The van der Waals surface area contributed by atoms with Gasteiger partial charge in [0.1, 0.15) is 17.2 Å². The molecule has 202 valence electrons. The first-order chi connectivity index (χ1) is 18.9. The van der Waals surface area contributed by atoms with E-state index in [2.05, 4.69) is 0 Å². The van der Waals surface area contributed by atoms with Crippen molar-refractivity contribution in [1.29, 1.82) is 0 Å². The highest BCUT2D eigenvalue weighted by Crippen LogP contribution is 2.33. The van der Waals surface area contributed by atoms with Crippen LogP contribution in [0.2, 0.25) is 0 Å². The lowest BCUT2D eigenvalue weighted by atomic mass is 9.86. The van der Waals surface area contributed by atoms with Crippen molar-refractivity contribution in [3.05, 3.63) is 124 Å². The molecule has 1 N–H and O–H groups in total. The van der Waals surface area contributed by atoms with E-state index in [0.717, 1.165) is 46.6 Å². The highest BCUT2D eigenvalue weighted by atomic mass is 16.5. The van der Waals surface area contributed by atoms with E-state index in [9.17, 15) is 9.59 Å². The van der Waals surface area contributed by atoms with Gasteiger partial charge in [0.15, 0.2) is 6.10 Å². The van der Waals surface area contributed by atoms with E-state index in [-0.39, 0.29) is 11.5 Å². The van der Waals surface area contributed by atoms with Crippen LogP contribution < -0.4 is 19.8 Å². The van der Waals surface area contributed by atoms with Crippen LogP contribution in [0.5, 0.6) is 17.2 Å². The first-order valence-electron chi connectivity index (χ1n) is 12.8. The molecule has 0 fully saturated rings. The zero-order valence-electron chi connectivity index (χ0n) is 22.4. The number of carbonyl (C=O) groups is 1. The Hall–Kier alpha value is -4.52. The van der Waals surface area contributed by atoms with Crippen molar-refractivity contribution in [3.8, 4) is 17.2 Å². The van der Waals surface area contributed by atoms with Gasteiger partial charge in [-0.25, -0.2) is 4.79 Å². The fraction of sp³-hybridized carbons (Fsp3) is 0.250. The highest BCUT2D eigenvalue weighted by Gasteiger charge is 2.18. The van der Waals surface area contributed by atoms with Crippen molar-refractivity contribution in [3.63, 3.8) is 0 Å². The molecular weight excluding hydrogens is 494 g/mol. The third-order valence-corrected chi connectivity index (χ3v) is 6.66. The molecule has 0 aliphatic carbocycles. The van der Waals surface area contributed by atoms with E-state index in [1.165, 1.54) is 6.92 Å². The van der Waals surface area contributed by atoms with Crippen LogP contribution in [-0.2, 0) is 17.8 Å². The molecular formula is C32H33NO6. The summed E-state index contributed by atoms with van der Waals surface area (Å²) in [5.41, 5.74) is 4.12. The lowest BCUT2D eigenvalue weighted by molar-refractivity contribution is -0.144. The number of aryl methyl sites for hydroxylation is 2. The van der Waals surface area contributed by atoms with Crippen LogP contribution in [0.3, 0.4) is 0 Å². The largest absolute Gasteiger partial charge is 0.497 e. The fourth-order valence-corrected chi connectivity index (χ4v) is 4.55. The summed E-state index contributed by atoms with van der Waals surface area (Å²) in [4.78, 5) is 23.9. The first-order valence-corrected chi connectivity index (χ1v) is 12.8. The summed E-state index contributed by atoms with van der Waals surface area (Å²) in [6.45, 7) is 2.04. The van der Waals surface area contributed by atoms with E-state index in [1.54, 1.807) is 30.9 Å². The van der Waals surface area contributed by atoms with Crippen molar-refractivity contribution < 1.29 is 24.1 Å². The quantitative estimate of drug-likeness (QED) is 0.261. The molecule has 7 nitrogen and oxygen atoms in total. The number of carboxylic acids is 1. The Labute approximate surface area is 228 Å². The summed E-state index contributed by atoms with van der Waals surface area (Å²) in [5.74, 6) is 0.984. The summed E-state index contributed by atoms with van der Waals surface area (Å²) >= 11 is 0. The molecule has 0 amide bonds. The van der Waals surface area contributed by atoms with E-state index in [4.69, 9.17) is 19.3 Å². The average molecular weight is 528 g/mol. The van der Waals surface area contributed by atoms with Gasteiger partial charge in [-0.3, -0.25) is 4.79 Å². The maximum atomic E-state index is 12.8. The van der Waals surface area contributed by atoms with Gasteiger partial charge >= 0.3 is 5.97 Å². The maximum Gasteiger partial charge on any atom is 0.344 e. The molecule has 39 heavy (non-hydrogen) atoms. The molecule has 4 rings (SSSR count). The first kappa shape index (κ1) is 27.5. The molecule has 0 saturated carbocycles. The Morgan fingerprint density at radius 3 is 1.97 bits per heavy atom. The topological polar surface area (TPSA) is 87.0 Å². The number of aliphatic carboxylic acids is 1. The van der Waals surface area contributed by atoms with Crippen LogP contribution in [0.15, 0.2) is 95.9 Å². The number of hydrogen-bond acceptors (Lipinski definition) is 5.